The molecule has 1 unspecified atom stereocenters. The number of hydrogen-bond acceptors (Lipinski definition) is 4. The van der Waals surface area contributed by atoms with Crippen LogP contribution in [0.5, 0.6) is 5.75 Å². The van der Waals surface area contributed by atoms with Crippen LogP contribution in [0.15, 0.2) is 30.3 Å². The van der Waals surface area contributed by atoms with Crippen LogP contribution in [0.1, 0.15) is 6.92 Å². The molecule has 2 amide bonds. The van der Waals surface area contributed by atoms with Crippen molar-refractivity contribution in [2.45, 2.75) is 6.92 Å². The summed E-state index contributed by atoms with van der Waals surface area (Å²) in [6.45, 7) is 3.41. The highest BCUT2D eigenvalue weighted by Crippen LogP contribution is 2.14. The predicted octanol–water partition coefficient (Wildman–Crippen LogP) is 0.365. The van der Waals surface area contributed by atoms with Crippen LogP contribution in [0.25, 0.3) is 0 Å². The van der Waals surface area contributed by atoms with Gasteiger partial charge in [-0.1, -0.05) is 18.2 Å². The standard InChI is InChI=1S/C16H22N2O4/c1-13(20)17-7-8-18(16(21)11-19)10-14(9-17)12-22-15-5-3-2-4-6-15/h2-6,14,19H,7-12H2,1H3. The Labute approximate surface area is 130 Å². The molecule has 0 aromatic heterocycles. The number of amides is 2. The lowest BCUT2D eigenvalue weighted by molar-refractivity contribution is -0.135. The van der Waals surface area contributed by atoms with Gasteiger partial charge in [-0.2, -0.15) is 0 Å². The van der Waals surface area contributed by atoms with Crippen LogP contribution in [-0.4, -0.2) is 66.1 Å². The first-order valence-corrected chi connectivity index (χ1v) is 7.42. The first kappa shape index (κ1) is 16.3. The highest BCUT2D eigenvalue weighted by Gasteiger charge is 2.26. The average Bonchev–Trinajstić information content (AvgIpc) is 2.76. The Bertz CT molecular complexity index is 506. The lowest BCUT2D eigenvalue weighted by Crippen LogP contribution is -2.38. The summed E-state index contributed by atoms with van der Waals surface area (Å²) in [5, 5.41) is 9.05. The van der Waals surface area contributed by atoms with Crippen LogP contribution in [0.2, 0.25) is 0 Å². The fraction of sp³-hybridized carbons (Fsp3) is 0.500. The number of para-hydroxylation sites is 1. The molecular weight excluding hydrogens is 284 g/mol. The molecule has 1 aliphatic rings. The van der Waals surface area contributed by atoms with E-state index in [0.29, 0.717) is 32.8 Å². The summed E-state index contributed by atoms with van der Waals surface area (Å²) >= 11 is 0. The van der Waals surface area contributed by atoms with Gasteiger partial charge in [0.1, 0.15) is 12.4 Å². The molecule has 0 saturated carbocycles. The van der Waals surface area contributed by atoms with Crippen LogP contribution < -0.4 is 4.74 Å². The monoisotopic (exact) mass is 306 g/mol. The minimum atomic E-state index is -0.508. The molecule has 2 rings (SSSR count). The zero-order chi connectivity index (χ0) is 15.9. The summed E-state index contributed by atoms with van der Waals surface area (Å²) < 4.78 is 5.75. The lowest BCUT2D eigenvalue weighted by Gasteiger charge is -2.24. The van der Waals surface area contributed by atoms with Gasteiger partial charge >= 0.3 is 0 Å². The minimum Gasteiger partial charge on any atom is -0.493 e. The van der Waals surface area contributed by atoms with Gasteiger partial charge in [0.2, 0.25) is 11.8 Å². The molecule has 0 aliphatic carbocycles. The largest absolute Gasteiger partial charge is 0.493 e. The third kappa shape index (κ3) is 4.46. The van der Waals surface area contributed by atoms with E-state index in [9.17, 15) is 9.59 Å². The number of aliphatic hydroxyl groups is 1. The topological polar surface area (TPSA) is 70.1 Å². The molecule has 6 nitrogen and oxygen atoms in total. The van der Waals surface area contributed by atoms with Gasteiger partial charge in [-0.3, -0.25) is 9.59 Å². The van der Waals surface area contributed by atoms with Gasteiger partial charge in [-0.15, -0.1) is 0 Å². The number of carbonyl (C=O) groups excluding carboxylic acids is 2. The van der Waals surface area contributed by atoms with Crippen molar-refractivity contribution in [3.05, 3.63) is 30.3 Å². The predicted molar refractivity (Wildman–Crippen MR) is 81.3 cm³/mol. The Morgan fingerprint density at radius 3 is 2.45 bits per heavy atom. The molecule has 1 aromatic rings. The quantitative estimate of drug-likeness (QED) is 0.872. The Balaban J connectivity index is 2.01. The van der Waals surface area contributed by atoms with Crippen molar-refractivity contribution in [2.24, 2.45) is 5.92 Å². The van der Waals surface area contributed by atoms with Gasteiger partial charge in [0, 0.05) is 39.0 Å². The molecule has 1 heterocycles. The van der Waals surface area contributed by atoms with Crippen LogP contribution in [0.4, 0.5) is 0 Å². The fourth-order valence-corrected chi connectivity index (χ4v) is 2.55. The van der Waals surface area contributed by atoms with E-state index in [0.717, 1.165) is 5.75 Å². The number of nitrogens with zero attached hydrogens (tertiary/aromatic N) is 2. The van der Waals surface area contributed by atoms with E-state index in [1.54, 1.807) is 9.80 Å². The molecule has 1 saturated heterocycles. The zero-order valence-electron chi connectivity index (χ0n) is 12.8. The van der Waals surface area contributed by atoms with E-state index in [1.165, 1.54) is 6.92 Å². The molecule has 22 heavy (non-hydrogen) atoms. The van der Waals surface area contributed by atoms with Gasteiger partial charge < -0.3 is 19.6 Å². The SMILES string of the molecule is CC(=O)N1CCN(C(=O)CO)CC(COc2ccccc2)C1. The van der Waals surface area contributed by atoms with Crippen LogP contribution in [0.3, 0.4) is 0 Å². The molecule has 6 heteroatoms. The molecule has 1 aromatic carbocycles. The summed E-state index contributed by atoms with van der Waals surface area (Å²) in [4.78, 5) is 26.7. The van der Waals surface area contributed by atoms with Crippen LogP contribution in [-0.2, 0) is 9.59 Å². The van der Waals surface area contributed by atoms with Gasteiger partial charge in [0.15, 0.2) is 0 Å². The summed E-state index contributed by atoms with van der Waals surface area (Å²) in [5.74, 6) is 0.460. The summed E-state index contributed by atoms with van der Waals surface area (Å²) in [6.07, 6.45) is 0. The number of benzene rings is 1. The molecule has 1 fully saturated rings. The molecule has 1 N–H and O–H groups in total. The number of ether oxygens (including phenoxy) is 1. The normalized spacial score (nSPS) is 18.7. The third-order valence-electron chi connectivity index (χ3n) is 3.76. The Morgan fingerprint density at radius 1 is 1.18 bits per heavy atom. The second kappa shape index (κ2) is 7.79. The average molecular weight is 306 g/mol. The van der Waals surface area contributed by atoms with Crippen molar-refractivity contribution < 1.29 is 19.4 Å². The van der Waals surface area contributed by atoms with E-state index in [4.69, 9.17) is 9.84 Å². The smallest absolute Gasteiger partial charge is 0.248 e. The van der Waals surface area contributed by atoms with Crippen molar-refractivity contribution in [3.63, 3.8) is 0 Å². The molecule has 0 bridgehead atoms. The highest BCUT2D eigenvalue weighted by molar-refractivity contribution is 5.77. The van der Waals surface area contributed by atoms with Crippen LogP contribution >= 0.6 is 0 Å². The second-order valence-corrected chi connectivity index (χ2v) is 5.45. The molecule has 1 aliphatic heterocycles. The molecule has 0 radical (unpaired) electrons. The Hall–Kier alpha value is -2.08. The minimum absolute atomic E-state index is 0.0111. The summed E-state index contributed by atoms with van der Waals surface area (Å²) in [7, 11) is 0. The van der Waals surface area contributed by atoms with E-state index in [1.807, 2.05) is 30.3 Å². The van der Waals surface area contributed by atoms with Crippen LogP contribution in [0, 0.1) is 5.92 Å². The number of carbonyl (C=O) groups is 2. The molecular formula is C16H22N2O4. The summed E-state index contributed by atoms with van der Waals surface area (Å²) in [5.41, 5.74) is 0. The van der Waals surface area contributed by atoms with E-state index < -0.39 is 6.61 Å². The van der Waals surface area contributed by atoms with Crippen molar-refractivity contribution >= 4 is 11.8 Å². The number of hydrogen-bond donors (Lipinski definition) is 1. The van der Waals surface area contributed by atoms with Gasteiger partial charge in [-0.25, -0.2) is 0 Å². The van der Waals surface area contributed by atoms with Gasteiger partial charge in [0.25, 0.3) is 0 Å². The molecule has 120 valence electrons. The first-order valence-electron chi connectivity index (χ1n) is 7.42. The molecule has 0 spiro atoms. The second-order valence-electron chi connectivity index (χ2n) is 5.45. The van der Waals surface area contributed by atoms with Crippen molar-refractivity contribution in [1.82, 2.24) is 9.80 Å². The lowest BCUT2D eigenvalue weighted by atomic mass is 10.1. The van der Waals surface area contributed by atoms with E-state index in [-0.39, 0.29) is 17.7 Å². The fourth-order valence-electron chi connectivity index (χ4n) is 2.55. The van der Waals surface area contributed by atoms with Gasteiger partial charge in [0.05, 0.1) is 6.61 Å². The number of rotatable bonds is 4. The van der Waals surface area contributed by atoms with Gasteiger partial charge in [-0.05, 0) is 12.1 Å². The van der Waals surface area contributed by atoms with Crippen molar-refractivity contribution in [1.29, 1.82) is 0 Å². The Kier molecular flexibility index (Phi) is 5.77. The van der Waals surface area contributed by atoms with Crippen molar-refractivity contribution in [2.75, 3.05) is 39.4 Å². The van der Waals surface area contributed by atoms with Crippen molar-refractivity contribution in [3.8, 4) is 5.75 Å². The maximum Gasteiger partial charge on any atom is 0.248 e. The molecule has 1 atom stereocenters. The Morgan fingerprint density at radius 2 is 1.82 bits per heavy atom. The van der Waals surface area contributed by atoms with E-state index in [2.05, 4.69) is 0 Å². The maximum absolute atomic E-state index is 11.7. The maximum atomic E-state index is 11.7. The zero-order valence-corrected chi connectivity index (χ0v) is 12.8. The van der Waals surface area contributed by atoms with E-state index >= 15 is 0 Å². The highest BCUT2D eigenvalue weighted by atomic mass is 16.5. The first-order chi connectivity index (χ1) is 10.6. The number of aliphatic hydroxyl groups excluding tert-OH is 1. The third-order valence-corrected chi connectivity index (χ3v) is 3.76. The summed E-state index contributed by atoms with van der Waals surface area (Å²) in [6, 6.07) is 9.45.